The van der Waals surface area contributed by atoms with Gasteiger partial charge >= 0.3 is 0 Å². The lowest BCUT2D eigenvalue weighted by atomic mass is 9.50. The second kappa shape index (κ2) is 7.52. The maximum absolute atomic E-state index is 2.54. The Bertz CT molecular complexity index is 581. The summed E-state index contributed by atoms with van der Waals surface area (Å²) in [5.74, 6) is 10.3. The van der Waals surface area contributed by atoms with Crippen molar-refractivity contribution in [3.63, 3.8) is 0 Å². The van der Waals surface area contributed by atoms with Gasteiger partial charge in [-0.25, -0.2) is 0 Å². The van der Waals surface area contributed by atoms with E-state index in [1.807, 2.05) is 0 Å². The van der Waals surface area contributed by atoms with Crippen LogP contribution in [0.4, 0.5) is 0 Å². The van der Waals surface area contributed by atoms with Crippen molar-refractivity contribution in [1.29, 1.82) is 0 Å². The fraction of sp³-hybridized carbons (Fsp3) is 1.00. The Morgan fingerprint density at radius 3 is 1.40 bits per heavy atom. The van der Waals surface area contributed by atoms with Gasteiger partial charge in [-0.2, -0.15) is 0 Å². The molecule has 0 nitrogen and oxygen atoms in total. The van der Waals surface area contributed by atoms with Crippen molar-refractivity contribution in [2.45, 2.75) is 124 Å². The van der Waals surface area contributed by atoms with Gasteiger partial charge < -0.3 is 0 Å². The van der Waals surface area contributed by atoms with E-state index in [0.717, 1.165) is 64.1 Å². The lowest BCUT2D eigenvalue weighted by Gasteiger charge is -2.55. The molecule has 10 aliphatic rings. The summed E-state index contributed by atoms with van der Waals surface area (Å²) in [4.78, 5) is 0. The fourth-order valence-corrected chi connectivity index (χ4v) is 11.6. The van der Waals surface area contributed by atoms with Crippen molar-refractivity contribution in [3.05, 3.63) is 0 Å². The lowest BCUT2D eigenvalue weighted by molar-refractivity contribution is -0.0411. The van der Waals surface area contributed by atoms with Gasteiger partial charge in [0.2, 0.25) is 0 Å². The van der Waals surface area contributed by atoms with Gasteiger partial charge in [-0.1, -0.05) is 33.6 Å². The maximum atomic E-state index is 2.54. The number of hydrogen-bond donors (Lipinski definition) is 0. The quantitative estimate of drug-likeness (QED) is 0.405. The lowest BCUT2D eigenvalue weighted by Crippen LogP contribution is -2.44. The number of rotatable bonds is 1. The summed E-state index contributed by atoms with van der Waals surface area (Å²) >= 11 is 0. The number of fused-ring (bicyclic) bond motifs is 2. The maximum Gasteiger partial charge on any atom is -0.0292 e. The molecule has 10 rings (SSSR count). The van der Waals surface area contributed by atoms with Crippen LogP contribution in [-0.2, 0) is 0 Å². The van der Waals surface area contributed by atoms with Crippen LogP contribution in [0.15, 0.2) is 0 Å². The summed E-state index contributed by atoms with van der Waals surface area (Å²) in [6.45, 7) is 7.43. The molecule has 170 valence electrons. The molecule has 0 radical (unpaired) electrons. The Balaban J connectivity index is 0.0000000880. The van der Waals surface area contributed by atoms with Gasteiger partial charge in [0, 0.05) is 0 Å². The van der Waals surface area contributed by atoms with E-state index in [9.17, 15) is 0 Å². The van der Waals surface area contributed by atoms with Crippen LogP contribution in [0.1, 0.15) is 124 Å². The molecular formula is C30H50. The minimum atomic E-state index is 0.800. The Morgan fingerprint density at radius 1 is 0.567 bits per heavy atom. The van der Waals surface area contributed by atoms with Crippen LogP contribution < -0.4 is 0 Å². The Kier molecular flexibility index (Phi) is 5.16. The van der Waals surface area contributed by atoms with Gasteiger partial charge in [0.25, 0.3) is 0 Å². The molecule has 5 unspecified atom stereocenters. The molecule has 10 aliphatic carbocycles. The molecule has 10 fully saturated rings. The second-order valence-electron chi connectivity index (χ2n) is 14.8. The van der Waals surface area contributed by atoms with E-state index >= 15 is 0 Å². The molecule has 0 aliphatic heterocycles. The molecular weight excluding hydrogens is 360 g/mol. The van der Waals surface area contributed by atoms with Crippen LogP contribution in [0.2, 0.25) is 0 Å². The summed E-state index contributed by atoms with van der Waals surface area (Å²) in [6.07, 6.45) is 25.1. The highest BCUT2D eigenvalue weighted by Crippen LogP contribution is 2.65. The fourth-order valence-electron chi connectivity index (χ4n) is 11.6. The standard InChI is InChI=1S/C11H18.C10H16.C9H16/c1-11-5-8-2-9(6-11)4-10(3-8)7-11;1-10-5-7-2-8(6-10)4-9(10)3-7;1-2-8-5-7-3-4-9(8)6-7/h8-10H,2-7H2,1H3;7-9H,2-6H2,1H3;7-9H,2-6H2,1H3. The van der Waals surface area contributed by atoms with E-state index in [2.05, 4.69) is 20.8 Å². The topological polar surface area (TPSA) is 0 Å². The first-order valence-corrected chi connectivity index (χ1v) is 14.4. The minimum Gasteiger partial charge on any atom is -0.0651 e. The van der Waals surface area contributed by atoms with Crippen molar-refractivity contribution in [1.82, 2.24) is 0 Å². The van der Waals surface area contributed by atoms with E-state index in [-0.39, 0.29) is 0 Å². The van der Waals surface area contributed by atoms with Crippen LogP contribution in [0.3, 0.4) is 0 Å². The molecule has 0 aromatic carbocycles. The average Bonchev–Trinajstić information content (AvgIpc) is 3.38. The SMILES string of the molecule is CC12CC3CC(CC(C3)C1)C2.CC12CC3CC(CC1C3)C2.CCC1CC2CCC1C2. The monoisotopic (exact) mass is 410 g/mol. The summed E-state index contributed by atoms with van der Waals surface area (Å²) in [5.41, 5.74) is 1.63. The molecule has 0 heterocycles. The molecule has 10 saturated carbocycles. The van der Waals surface area contributed by atoms with Crippen LogP contribution >= 0.6 is 0 Å². The zero-order valence-corrected chi connectivity index (χ0v) is 20.5. The van der Waals surface area contributed by atoms with Crippen molar-refractivity contribution in [2.75, 3.05) is 0 Å². The van der Waals surface area contributed by atoms with Crippen molar-refractivity contribution >= 4 is 0 Å². The van der Waals surface area contributed by atoms with E-state index < -0.39 is 0 Å². The molecule has 30 heavy (non-hydrogen) atoms. The van der Waals surface area contributed by atoms with Crippen LogP contribution in [0.5, 0.6) is 0 Å². The molecule has 0 amide bonds. The van der Waals surface area contributed by atoms with E-state index in [4.69, 9.17) is 0 Å². The van der Waals surface area contributed by atoms with Gasteiger partial charge in [-0.05, 0) is 154 Å². The van der Waals surface area contributed by atoms with Gasteiger partial charge in [0.15, 0.2) is 0 Å². The highest BCUT2D eigenvalue weighted by atomic mass is 14.6. The first kappa shape index (κ1) is 20.6. The van der Waals surface area contributed by atoms with Gasteiger partial charge in [-0.3, -0.25) is 0 Å². The molecule has 0 heteroatoms. The predicted molar refractivity (Wildman–Crippen MR) is 127 cm³/mol. The molecule has 0 N–H and O–H groups in total. The van der Waals surface area contributed by atoms with Crippen molar-refractivity contribution in [2.24, 2.45) is 64.1 Å². The highest BCUT2D eigenvalue weighted by Gasteiger charge is 2.54. The van der Waals surface area contributed by atoms with Crippen LogP contribution in [-0.4, -0.2) is 0 Å². The third-order valence-electron chi connectivity index (χ3n) is 12.2. The van der Waals surface area contributed by atoms with Crippen molar-refractivity contribution < 1.29 is 0 Å². The molecule has 0 aromatic heterocycles. The van der Waals surface area contributed by atoms with E-state index in [0.29, 0.717) is 0 Å². The summed E-state index contributed by atoms with van der Waals surface area (Å²) in [7, 11) is 0. The minimum absolute atomic E-state index is 0.800. The first-order chi connectivity index (χ1) is 14.4. The highest BCUT2D eigenvalue weighted by molar-refractivity contribution is 5.05. The first-order valence-electron chi connectivity index (χ1n) is 14.4. The van der Waals surface area contributed by atoms with Gasteiger partial charge in [0.05, 0.1) is 0 Å². The van der Waals surface area contributed by atoms with Crippen LogP contribution in [0.25, 0.3) is 0 Å². The molecule has 5 atom stereocenters. The Hall–Kier alpha value is 0. The molecule has 0 saturated heterocycles. The second-order valence-corrected chi connectivity index (χ2v) is 14.8. The van der Waals surface area contributed by atoms with E-state index in [1.165, 1.54) is 6.42 Å². The zero-order chi connectivity index (χ0) is 20.5. The summed E-state index contributed by atoms with van der Waals surface area (Å²) < 4.78 is 0. The van der Waals surface area contributed by atoms with E-state index in [1.54, 1.807) is 96.3 Å². The van der Waals surface area contributed by atoms with Gasteiger partial charge in [-0.15, -0.1) is 0 Å². The number of hydrogen-bond acceptors (Lipinski definition) is 0. The third kappa shape index (κ3) is 3.73. The average molecular weight is 411 g/mol. The Morgan fingerprint density at radius 2 is 1.10 bits per heavy atom. The molecule has 0 spiro atoms. The molecule has 10 bridgehead atoms. The van der Waals surface area contributed by atoms with Crippen molar-refractivity contribution in [3.8, 4) is 0 Å². The summed E-state index contributed by atoms with van der Waals surface area (Å²) in [5, 5.41) is 0. The summed E-state index contributed by atoms with van der Waals surface area (Å²) in [6, 6.07) is 0. The third-order valence-corrected chi connectivity index (χ3v) is 12.2. The molecule has 0 aromatic rings. The largest absolute Gasteiger partial charge is 0.0651 e. The Labute approximate surface area is 187 Å². The zero-order valence-electron chi connectivity index (χ0n) is 20.5. The predicted octanol–water partition coefficient (Wildman–Crippen LogP) is 8.89. The normalized spacial score (nSPS) is 57.9. The van der Waals surface area contributed by atoms with Crippen LogP contribution in [0, 0.1) is 64.1 Å². The van der Waals surface area contributed by atoms with Gasteiger partial charge in [0.1, 0.15) is 0 Å². The smallest absolute Gasteiger partial charge is 0.0292 e.